The van der Waals surface area contributed by atoms with Crippen LogP contribution in [-0.4, -0.2) is 31.1 Å². The molecule has 3 aromatic carbocycles. The Bertz CT molecular complexity index is 1630. The van der Waals surface area contributed by atoms with Crippen LogP contribution < -0.4 is 15.4 Å². The SMILES string of the molecule is COC(=O)C1=C(C(=O)OC)N(c2cc(Oc3cc(C)cc(C)c3)cc([N+](=O)[O-])c2)C(N)=C(C#N)C1c1ccccc1. The number of anilines is 1. The molecule has 0 aromatic heterocycles. The number of ether oxygens (including phenoxy) is 3. The molecule has 0 amide bonds. The summed E-state index contributed by atoms with van der Waals surface area (Å²) in [6.45, 7) is 3.76. The monoisotopic (exact) mass is 554 g/mol. The fraction of sp³-hybridized carbons (Fsp3) is 0.167. The van der Waals surface area contributed by atoms with Gasteiger partial charge in [0.15, 0.2) is 0 Å². The number of rotatable bonds is 7. The van der Waals surface area contributed by atoms with Gasteiger partial charge in [-0.25, -0.2) is 9.59 Å². The molecule has 0 aliphatic carbocycles. The van der Waals surface area contributed by atoms with Crippen molar-refractivity contribution >= 4 is 23.3 Å². The predicted molar refractivity (Wildman–Crippen MR) is 149 cm³/mol. The Morgan fingerprint density at radius 3 is 2.12 bits per heavy atom. The number of hydrogen-bond acceptors (Lipinski definition) is 10. The van der Waals surface area contributed by atoms with E-state index in [0.717, 1.165) is 36.3 Å². The first-order valence-corrected chi connectivity index (χ1v) is 12.3. The number of nitrogens with two attached hydrogens (primary N) is 1. The van der Waals surface area contributed by atoms with Gasteiger partial charge in [-0.2, -0.15) is 5.26 Å². The second-order valence-electron chi connectivity index (χ2n) is 9.20. The number of aryl methyl sites for hydroxylation is 2. The summed E-state index contributed by atoms with van der Waals surface area (Å²) in [5.41, 5.74) is 7.79. The molecule has 1 atom stereocenters. The molecule has 0 radical (unpaired) electrons. The Balaban J connectivity index is 2.02. The summed E-state index contributed by atoms with van der Waals surface area (Å²) in [7, 11) is 2.25. The fourth-order valence-corrected chi connectivity index (χ4v) is 4.77. The maximum Gasteiger partial charge on any atom is 0.355 e. The normalized spacial score (nSPS) is 14.8. The average Bonchev–Trinajstić information content (AvgIpc) is 2.95. The molecule has 1 unspecified atom stereocenters. The third kappa shape index (κ3) is 5.58. The number of esters is 2. The van der Waals surface area contributed by atoms with Crippen LogP contribution in [-0.2, 0) is 19.1 Å². The van der Waals surface area contributed by atoms with Crippen molar-refractivity contribution in [1.82, 2.24) is 0 Å². The number of nitriles is 1. The first-order valence-electron chi connectivity index (χ1n) is 12.3. The molecule has 1 aliphatic rings. The van der Waals surface area contributed by atoms with Gasteiger partial charge in [0.2, 0.25) is 0 Å². The van der Waals surface area contributed by atoms with E-state index in [9.17, 15) is 25.0 Å². The van der Waals surface area contributed by atoms with E-state index in [1.807, 2.05) is 26.0 Å². The van der Waals surface area contributed by atoms with E-state index in [-0.39, 0.29) is 39.8 Å². The van der Waals surface area contributed by atoms with Crippen molar-refractivity contribution in [3.8, 4) is 17.6 Å². The van der Waals surface area contributed by atoms with Crippen LogP contribution in [0.2, 0.25) is 0 Å². The standard InChI is InChI=1S/C30H26N4O7/c1-17-10-18(2)12-22(11-17)41-23-14-20(13-21(15-23)34(37)38)33-27(30(36)40-4)26(29(35)39-3)25(24(16-31)28(33)32)19-8-6-5-7-9-19/h5-15,25H,32H2,1-4H3. The van der Waals surface area contributed by atoms with Crippen LogP contribution in [0.15, 0.2) is 89.4 Å². The summed E-state index contributed by atoms with van der Waals surface area (Å²) in [4.78, 5) is 38.9. The molecule has 0 spiro atoms. The van der Waals surface area contributed by atoms with Crippen molar-refractivity contribution in [3.63, 3.8) is 0 Å². The highest BCUT2D eigenvalue weighted by atomic mass is 16.6. The van der Waals surface area contributed by atoms with Crippen molar-refractivity contribution in [1.29, 1.82) is 5.26 Å². The van der Waals surface area contributed by atoms with Crippen molar-refractivity contribution in [2.45, 2.75) is 19.8 Å². The Labute approximate surface area is 235 Å². The molecule has 4 rings (SSSR count). The van der Waals surface area contributed by atoms with Gasteiger partial charge in [0.1, 0.15) is 23.0 Å². The molecule has 0 saturated heterocycles. The molecular weight excluding hydrogens is 528 g/mol. The number of allylic oxidation sites excluding steroid dienone is 1. The topological polar surface area (TPSA) is 158 Å². The molecule has 1 aliphatic heterocycles. The lowest BCUT2D eigenvalue weighted by Crippen LogP contribution is -2.40. The van der Waals surface area contributed by atoms with Gasteiger partial charge in [0, 0.05) is 12.1 Å². The number of carbonyl (C=O) groups is 2. The Hall–Kier alpha value is -5.63. The lowest BCUT2D eigenvalue weighted by atomic mass is 9.81. The van der Waals surface area contributed by atoms with E-state index in [0.29, 0.717) is 11.3 Å². The summed E-state index contributed by atoms with van der Waals surface area (Å²) >= 11 is 0. The number of nitro groups is 1. The number of non-ortho nitro benzene ring substituents is 1. The smallest absolute Gasteiger partial charge is 0.355 e. The number of nitrogens with zero attached hydrogens (tertiary/aromatic N) is 3. The van der Waals surface area contributed by atoms with Crippen LogP contribution in [0, 0.1) is 35.3 Å². The molecule has 3 aromatic rings. The first kappa shape index (κ1) is 28.4. The van der Waals surface area contributed by atoms with Crippen LogP contribution in [0.3, 0.4) is 0 Å². The average molecular weight is 555 g/mol. The fourth-order valence-electron chi connectivity index (χ4n) is 4.77. The molecular formula is C30H26N4O7. The van der Waals surface area contributed by atoms with Gasteiger partial charge in [-0.1, -0.05) is 36.4 Å². The van der Waals surface area contributed by atoms with Crippen LogP contribution in [0.25, 0.3) is 0 Å². The highest BCUT2D eigenvalue weighted by Crippen LogP contribution is 2.44. The van der Waals surface area contributed by atoms with Gasteiger partial charge in [-0.3, -0.25) is 15.0 Å². The highest BCUT2D eigenvalue weighted by Gasteiger charge is 2.43. The Kier molecular flexibility index (Phi) is 8.05. The van der Waals surface area contributed by atoms with E-state index in [4.69, 9.17) is 19.9 Å². The van der Waals surface area contributed by atoms with Gasteiger partial charge in [-0.05, 0) is 42.7 Å². The molecule has 1 heterocycles. The summed E-state index contributed by atoms with van der Waals surface area (Å²) in [5, 5.41) is 22.2. The minimum atomic E-state index is -1.08. The number of nitro benzene ring substituents is 1. The predicted octanol–water partition coefficient (Wildman–Crippen LogP) is 4.90. The van der Waals surface area contributed by atoms with E-state index < -0.39 is 22.8 Å². The van der Waals surface area contributed by atoms with E-state index in [2.05, 4.69) is 0 Å². The maximum absolute atomic E-state index is 13.3. The van der Waals surface area contributed by atoms with E-state index >= 15 is 0 Å². The van der Waals surface area contributed by atoms with Crippen molar-refractivity contribution < 1.29 is 28.7 Å². The van der Waals surface area contributed by atoms with Crippen LogP contribution >= 0.6 is 0 Å². The summed E-state index contributed by atoms with van der Waals surface area (Å²) < 4.78 is 16.0. The molecule has 0 bridgehead atoms. The van der Waals surface area contributed by atoms with Crippen molar-refractivity contribution in [2.24, 2.45) is 5.73 Å². The zero-order chi connectivity index (χ0) is 29.8. The van der Waals surface area contributed by atoms with Gasteiger partial charge < -0.3 is 19.9 Å². The van der Waals surface area contributed by atoms with Gasteiger partial charge >= 0.3 is 11.9 Å². The number of benzene rings is 3. The third-order valence-electron chi connectivity index (χ3n) is 6.39. The molecule has 41 heavy (non-hydrogen) atoms. The first-order chi connectivity index (χ1) is 19.6. The summed E-state index contributed by atoms with van der Waals surface area (Å²) in [6.07, 6.45) is 0. The zero-order valence-electron chi connectivity index (χ0n) is 22.7. The Morgan fingerprint density at radius 1 is 0.951 bits per heavy atom. The third-order valence-corrected chi connectivity index (χ3v) is 6.39. The molecule has 0 saturated carbocycles. The number of methoxy groups -OCH3 is 2. The lowest BCUT2D eigenvalue weighted by molar-refractivity contribution is -0.384. The molecule has 208 valence electrons. The molecule has 0 fully saturated rings. The highest BCUT2D eigenvalue weighted by molar-refractivity contribution is 6.06. The maximum atomic E-state index is 13.3. The quantitative estimate of drug-likeness (QED) is 0.242. The van der Waals surface area contributed by atoms with E-state index in [1.54, 1.807) is 42.5 Å². The second-order valence-corrected chi connectivity index (χ2v) is 9.20. The van der Waals surface area contributed by atoms with Crippen molar-refractivity contribution in [3.05, 3.63) is 116 Å². The zero-order valence-corrected chi connectivity index (χ0v) is 22.7. The van der Waals surface area contributed by atoms with Crippen LogP contribution in [0.4, 0.5) is 11.4 Å². The number of carbonyl (C=O) groups excluding carboxylic acids is 2. The van der Waals surface area contributed by atoms with Crippen LogP contribution in [0.1, 0.15) is 22.6 Å². The minimum absolute atomic E-state index is 0.0165. The Morgan fingerprint density at radius 2 is 1.56 bits per heavy atom. The van der Waals surface area contributed by atoms with Gasteiger partial charge in [0.05, 0.1) is 54.0 Å². The number of hydrogen-bond donors (Lipinski definition) is 1. The molecule has 2 N–H and O–H groups in total. The lowest BCUT2D eigenvalue weighted by Gasteiger charge is -2.35. The minimum Gasteiger partial charge on any atom is -0.466 e. The van der Waals surface area contributed by atoms with Gasteiger partial charge in [0.25, 0.3) is 5.69 Å². The van der Waals surface area contributed by atoms with Crippen molar-refractivity contribution in [2.75, 3.05) is 19.1 Å². The summed E-state index contributed by atoms with van der Waals surface area (Å²) in [5.74, 6) is -2.72. The van der Waals surface area contributed by atoms with Gasteiger partial charge in [-0.15, -0.1) is 0 Å². The van der Waals surface area contributed by atoms with Crippen LogP contribution in [0.5, 0.6) is 11.5 Å². The summed E-state index contributed by atoms with van der Waals surface area (Å²) in [6, 6.07) is 19.8. The largest absolute Gasteiger partial charge is 0.466 e. The second kappa shape index (κ2) is 11.6. The molecule has 11 heteroatoms. The van der Waals surface area contributed by atoms with E-state index in [1.165, 1.54) is 12.1 Å². The molecule has 11 nitrogen and oxygen atoms in total.